The molecule has 0 aliphatic rings. The molecule has 0 aliphatic heterocycles. The molecule has 0 aromatic rings. The van der Waals surface area contributed by atoms with Crippen LogP contribution in [0.4, 0.5) is 4.39 Å². The van der Waals surface area contributed by atoms with E-state index in [0.717, 1.165) is 0 Å². The molecular formula is C8H14FNO4. The van der Waals surface area contributed by atoms with Crippen LogP contribution in [0.5, 0.6) is 0 Å². The number of alkyl halides is 1. The summed E-state index contributed by atoms with van der Waals surface area (Å²) in [6, 6.07) is -1.20. The number of hydrogen-bond donors (Lipinski definition) is 3. The first-order chi connectivity index (χ1) is 6.49. The number of carboxylic acid groups (broad SMARTS) is 2. The van der Waals surface area contributed by atoms with Crippen LogP contribution in [0.25, 0.3) is 0 Å². The highest BCUT2D eigenvalue weighted by atomic mass is 18.2. The summed E-state index contributed by atoms with van der Waals surface area (Å²) in [5.74, 6) is -3.25. The van der Waals surface area contributed by atoms with Crippen LogP contribution >= 0.6 is 0 Å². The van der Waals surface area contributed by atoms with Gasteiger partial charge in [-0.2, -0.15) is 0 Å². The van der Waals surface area contributed by atoms with Crippen LogP contribution in [0.15, 0.2) is 0 Å². The topological polar surface area (TPSA) is 101 Å². The molecule has 0 aromatic heterocycles. The highest BCUT2D eigenvalue weighted by Crippen LogP contribution is 2.13. The van der Waals surface area contributed by atoms with Gasteiger partial charge in [-0.05, 0) is 19.3 Å². The van der Waals surface area contributed by atoms with Gasteiger partial charge in [0.05, 0.1) is 12.6 Å². The summed E-state index contributed by atoms with van der Waals surface area (Å²) < 4.78 is 11.8. The summed E-state index contributed by atoms with van der Waals surface area (Å²) in [7, 11) is 0. The average Bonchev–Trinajstić information content (AvgIpc) is 2.10. The van der Waals surface area contributed by atoms with Crippen LogP contribution in [0.3, 0.4) is 0 Å². The van der Waals surface area contributed by atoms with E-state index in [9.17, 15) is 14.0 Å². The first kappa shape index (κ1) is 12.8. The van der Waals surface area contributed by atoms with Crippen LogP contribution in [0, 0.1) is 5.92 Å². The minimum absolute atomic E-state index is 0.114. The van der Waals surface area contributed by atoms with Crippen molar-refractivity contribution >= 4 is 11.9 Å². The van der Waals surface area contributed by atoms with Crippen molar-refractivity contribution in [2.75, 3.05) is 6.67 Å². The molecule has 0 rings (SSSR count). The number of hydrogen-bond acceptors (Lipinski definition) is 3. The van der Waals surface area contributed by atoms with E-state index in [-0.39, 0.29) is 19.3 Å². The smallest absolute Gasteiger partial charge is 0.320 e. The maximum atomic E-state index is 11.8. The Morgan fingerprint density at radius 3 is 2.21 bits per heavy atom. The van der Waals surface area contributed by atoms with E-state index in [2.05, 4.69) is 0 Å². The Morgan fingerprint density at radius 2 is 1.86 bits per heavy atom. The summed E-state index contributed by atoms with van der Waals surface area (Å²) in [5, 5.41) is 17.1. The van der Waals surface area contributed by atoms with Gasteiger partial charge in [-0.15, -0.1) is 0 Å². The molecule has 0 saturated carbocycles. The Balaban J connectivity index is 4.08. The number of aliphatic carboxylic acids is 2. The molecule has 4 N–H and O–H groups in total. The lowest BCUT2D eigenvalue weighted by molar-refractivity contribution is -0.143. The van der Waals surface area contributed by atoms with Crippen molar-refractivity contribution < 1.29 is 24.2 Å². The Labute approximate surface area is 80.7 Å². The second kappa shape index (κ2) is 6.31. The van der Waals surface area contributed by atoms with Crippen LogP contribution in [0.2, 0.25) is 0 Å². The van der Waals surface area contributed by atoms with Gasteiger partial charge in [0, 0.05) is 0 Å². The SMILES string of the molecule is N[C@@H](C[C@@H](CCC[18F])C(=O)O)C(=O)O. The number of carboxylic acids is 2. The maximum Gasteiger partial charge on any atom is 0.320 e. The zero-order valence-electron chi connectivity index (χ0n) is 7.65. The maximum absolute atomic E-state index is 11.8. The molecule has 5 nitrogen and oxygen atoms in total. The third-order valence-corrected chi connectivity index (χ3v) is 1.89. The largest absolute Gasteiger partial charge is 0.481 e. The van der Waals surface area contributed by atoms with E-state index in [0.29, 0.717) is 0 Å². The first-order valence-corrected chi connectivity index (χ1v) is 4.26. The summed E-state index contributed by atoms with van der Waals surface area (Å²) in [6.07, 6.45) is 0.0702. The highest BCUT2D eigenvalue weighted by Gasteiger charge is 2.23. The van der Waals surface area contributed by atoms with Gasteiger partial charge in [0.2, 0.25) is 0 Å². The normalized spacial score (nSPS) is 14.7. The molecule has 0 fully saturated rings. The van der Waals surface area contributed by atoms with Crippen molar-refractivity contribution in [2.24, 2.45) is 11.7 Å². The zero-order chi connectivity index (χ0) is 11.1. The van der Waals surface area contributed by atoms with E-state index < -0.39 is 30.6 Å². The monoisotopic (exact) mass is 206 g/mol. The fourth-order valence-electron chi connectivity index (χ4n) is 1.07. The molecule has 6 heteroatoms. The molecule has 0 bridgehead atoms. The van der Waals surface area contributed by atoms with Gasteiger partial charge in [0.15, 0.2) is 0 Å². The predicted molar refractivity (Wildman–Crippen MR) is 46.6 cm³/mol. The minimum atomic E-state index is -1.24. The molecule has 0 aromatic carbocycles. The van der Waals surface area contributed by atoms with Crippen LogP contribution in [0.1, 0.15) is 19.3 Å². The van der Waals surface area contributed by atoms with Crippen molar-refractivity contribution in [2.45, 2.75) is 25.3 Å². The third-order valence-electron chi connectivity index (χ3n) is 1.89. The number of carbonyl (C=O) groups is 2. The molecule has 0 spiro atoms. The molecular weight excluding hydrogens is 192 g/mol. The van der Waals surface area contributed by atoms with E-state index in [1.807, 2.05) is 0 Å². The van der Waals surface area contributed by atoms with Gasteiger partial charge in [-0.1, -0.05) is 0 Å². The van der Waals surface area contributed by atoms with Crippen molar-refractivity contribution in [1.82, 2.24) is 0 Å². The van der Waals surface area contributed by atoms with E-state index in [4.69, 9.17) is 15.9 Å². The van der Waals surface area contributed by atoms with E-state index in [1.54, 1.807) is 0 Å². The molecule has 0 heterocycles. The van der Waals surface area contributed by atoms with Gasteiger partial charge in [-0.3, -0.25) is 14.0 Å². The van der Waals surface area contributed by atoms with Crippen LogP contribution in [-0.2, 0) is 9.59 Å². The molecule has 0 saturated heterocycles. The predicted octanol–water partition coefficient (Wildman–Crippen LogP) is 0.239. The molecule has 0 aliphatic carbocycles. The lowest BCUT2D eigenvalue weighted by atomic mass is 9.96. The summed E-state index contributed by atoms with van der Waals surface area (Å²) in [5.41, 5.74) is 5.17. The number of rotatable bonds is 7. The number of nitrogens with two attached hydrogens (primary N) is 1. The number of halogens is 1. The summed E-state index contributed by atoms with van der Waals surface area (Å²) in [4.78, 5) is 20.9. The van der Waals surface area contributed by atoms with Gasteiger partial charge in [0.25, 0.3) is 0 Å². The van der Waals surface area contributed by atoms with Crippen molar-refractivity contribution in [3.05, 3.63) is 0 Å². The Bertz CT molecular complexity index is 210. The first-order valence-electron chi connectivity index (χ1n) is 4.26. The van der Waals surface area contributed by atoms with Gasteiger partial charge in [-0.25, -0.2) is 0 Å². The summed E-state index contributed by atoms with van der Waals surface area (Å²) in [6.45, 7) is -0.605. The van der Waals surface area contributed by atoms with Gasteiger partial charge in [0.1, 0.15) is 6.04 Å². The molecule has 0 amide bonds. The summed E-state index contributed by atoms with van der Waals surface area (Å²) >= 11 is 0. The Hall–Kier alpha value is -1.17. The highest BCUT2D eigenvalue weighted by molar-refractivity contribution is 5.75. The van der Waals surface area contributed by atoms with Gasteiger partial charge >= 0.3 is 11.9 Å². The van der Waals surface area contributed by atoms with Crippen molar-refractivity contribution in [1.29, 1.82) is 0 Å². The Kier molecular flexibility index (Phi) is 5.78. The van der Waals surface area contributed by atoms with Crippen molar-refractivity contribution in [3.63, 3.8) is 0 Å². The lowest BCUT2D eigenvalue weighted by Crippen LogP contribution is -2.34. The fraction of sp³-hybridized carbons (Fsp3) is 0.750. The quantitative estimate of drug-likeness (QED) is 0.554. The Morgan fingerprint density at radius 1 is 1.29 bits per heavy atom. The van der Waals surface area contributed by atoms with E-state index in [1.165, 1.54) is 0 Å². The van der Waals surface area contributed by atoms with Crippen LogP contribution in [-0.4, -0.2) is 34.9 Å². The van der Waals surface area contributed by atoms with Crippen molar-refractivity contribution in [3.8, 4) is 0 Å². The van der Waals surface area contributed by atoms with E-state index >= 15 is 0 Å². The second-order valence-electron chi connectivity index (χ2n) is 3.05. The third kappa shape index (κ3) is 4.76. The standard InChI is InChI=1S/C8H14FNO4/c9-3-1-2-5(7(11)12)4-6(10)8(13)14/h5-6H,1-4,10H2,(H,11,12)(H,13,14)/t5-,6+/m1/s1/i9-1. The fourth-order valence-corrected chi connectivity index (χ4v) is 1.07. The average molecular weight is 206 g/mol. The molecule has 82 valence electrons. The molecule has 0 radical (unpaired) electrons. The molecule has 14 heavy (non-hydrogen) atoms. The lowest BCUT2D eigenvalue weighted by Gasteiger charge is -2.13. The molecule has 0 unspecified atom stereocenters. The zero-order valence-corrected chi connectivity index (χ0v) is 7.65. The van der Waals surface area contributed by atoms with Crippen LogP contribution < -0.4 is 5.73 Å². The molecule has 2 atom stereocenters. The minimum Gasteiger partial charge on any atom is -0.481 e. The second-order valence-corrected chi connectivity index (χ2v) is 3.05. The van der Waals surface area contributed by atoms with Gasteiger partial charge < -0.3 is 15.9 Å².